The fraction of sp³-hybridized carbons (Fsp3) is 0.400. The molecule has 6 nitrogen and oxygen atoms in total. The lowest BCUT2D eigenvalue weighted by molar-refractivity contribution is 0.416. The van der Waals surface area contributed by atoms with Gasteiger partial charge in [0.15, 0.2) is 5.65 Å². The lowest BCUT2D eigenvalue weighted by atomic mass is 10.2. The SMILES string of the molecule is c1cnc2nc(C3CNCCN3)ncc2n1. The summed E-state index contributed by atoms with van der Waals surface area (Å²) in [6, 6.07) is 0.167. The molecule has 2 aromatic rings. The highest BCUT2D eigenvalue weighted by molar-refractivity contribution is 5.67. The summed E-state index contributed by atoms with van der Waals surface area (Å²) in [5, 5.41) is 6.67. The average Bonchev–Trinajstić information content (AvgIpc) is 2.39. The summed E-state index contributed by atoms with van der Waals surface area (Å²) in [5.74, 6) is 0.778. The van der Waals surface area contributed by atoms with Gasteiger partial charge in [-0.2, -0.15) is 0 Å². The van der Waals surface area contributed by atoms with Crippen molar-refractivity contribution < 1.29 is 0 Å². The van der Waals surface area contributed by atoms with Gasteiger partial charge in [0.1, 0.15) is 11.3 Å². The third kappa shape index (κ3) is 1.72. The third-order valence-electron chi connectivity index (χ3n) is 2.60. The maximum atomic E-state index is 4.41. The molecule has 1 aliphatic heterocycles. The number of nitrogens with zero attached hydrogens (tertiary/aromatic N) is 4. The molecule has 0 bridgehead atoms. The van der Waals surface area contributed by atoms with Crippen molar-refractivity contribution >= 4 is 11.2 Å². The quantitative estimate of drug-likeness (QED) is 0.679. The van der Waals surface area contributed by atoms with Gasteiger partial charge in [0.25, 0.3) is 0 Å². The molecule has 0 aliphatic carbocycles. The minimum atomic E-state index is 0.167. The van der Waals surface area contributed by atoms with Crippen molar-refractivity contribution in [2.45, 2.75) is 6.04 Å². The Bertz CT molecular complexity index is 493. The van der Waals surface area contributed by atoms with Crippen molar-refractivity contribution in [3.05, 3.63) is 24.4 Å². The standard InChI is InChI=1S/C10H12N6/c1-2-12-7(5-11-1)10-15-6-8-9(16-10)14-4-3-13-8/h3-4,6-7,11-12H,1-2,5H2. The van der Waals surface area contributed by atoms with Gasteiger partial charge in [-0.1, -0.05) is 0 Å². The van der Waals surface area contributed by atoms with E-state index in [0.717, 1.165) is 31.0 Å². The largest absolute Gasteiger partial charge is 0.313 e. The smallest absolute Gasteiger partial charge is 0.181 e. The maximum Gasteiger partial charge on any atom is 0.181 e. The van der Waals surface area contributed by atoms with Crippen LogP contribution < -0.4 is 10.6 Å². The first-order chi connectivity index (χ1) is 7.93. The van der Waals surface area contributed by atoms with Crippen LogP contribution in [0.4, 0.5) is 0 Å². The first-order valence-electron chi connectivity index (χ1n) is 5.31. The zero-order valence-corrected chi connectivity index (χ0v) is 8.72. The number of piperazine rings is 1. The summed E-state index contributed by atoms with van der Waals surface area (Å²) in [7, 11) is 0. The Morgan fingerprint density at radius 1 is 1.12 bits per heavy atom. The molecule has 1 saturated heterocycles. The Morgan fingerprint density at radius 2 is 2.06 bits per heavy atom. The minimum Gasteiger partial charge on any atom is -0.313 e. The fourth-order valence-electron chi connectivity index (χ4n) is 1.79. The Labute approximate surface area is 92.5 Å². The second-order valence-electron chi connectivity index (χ2n) is 3.70. The molecule has 0 amide bonds. The normalized spacial score (nSPS) is 21.1. The highest BCUT2D eigenvalue weighted by Gasteiger charge is 2.17. The van der Waals surface area contributed by atoms with E-state index in [1.165, 1.54) is 0 Å². The van der Waals surface area contributed by atoms with Crippen LogP contribution in [0.25, 0.3) is 11.2 Å². The molecule has 0 spiro atoms. The van der Waals surface area contributed by atoms with E-state index in [4.69, 9.17) is 0 Å². The summed E-state index contributed by atoms with van der Waals surface area (Å²) in [6.07, 6.45) is 5.01. The van der Waals surface area contributed by atoms with Gasteiger partial charge in [-0.15, -0.1) is 0 Å². The lowest BCUT2D eigenvalue weighted by Crippen LogP contribution is -2.43. The molecular weight excluding hydrogens is 204 g/mol. The lowest BCUT2D eigenvalue weighted by Gasteiger charge is -2.22. The first-order valence-corrected chi connectivity index (χ1v) is 5.31. The molecule has 2 aromatic heterocycles. The highest BCUT2D eigenvalue weighted by atomic mass is 15.1. The zero-order valence-electron chi connectivity index (χ0n) is 8.72. The molecule has 0 aromatic carbocycles. The van der Waals surface area contributed by atoms with E-state index in [2.05, 4.69) is 30.6 Å². The van der Waals surface area contributed by atoms with Gasteiger partial charge >= 0.3 is 0 Å². The Morgan fingerprint density at radius 3 is 2.94 bits per heavy atom. The number of rotatable bonds is 1. The Balaban J connectivity index is 1.97. The van der Waals surface area contributed by atoms with Crippen molar-refractivity contribution in [3.8, 4) is 0 Å². The zero-order chi connectivity index (χ0) is 10.8. The van der Waals surface area contributed by atoms with Crippen molar-refractivity contribution in [1.82, 2.24) is 30.6 Å². The van der Waals surface area contributed by atoms with E-state index >= 15 is 0 Å². The third-order valence-corrected chi connectivity index (χ3v) is 2.60. The van der Waals surface area contributed by atoms with Crippen molar-refractivity contribution in [2.24, 2.45) is 0 Å². The van der Waals surface area contributed by atoms with Crippen LogP contribution in [0.3, 0.4) is 0 Å². The molecule has 1 atom stereocenters. The van der Waals surface area contributed by atoms with E-state index < -0.39 is 0 Å². The minimum absolute atomic E-state index is 0.167. The van der Waals surface area contributed by atoms with Gasteiger partial charge in [-0.3, -0.25) is 0 Å². The molecule has 0 radical (unpaired) electrons. The van der Waals surface area contributed by atoms with Crippen LogP contribution in [0, 0.1) is 0 Å². The van der Waals surface area contributed by atoms with E-state index in [-0.39, 0.29) is 6.04 Å². The summed E-state index contributed by atoms with van der Waals surface area (Å²) in [6.45, 7) is 2.78. The Kier molecular flexibility index (Phi) is 2.43. The topological polar surface area (TPSA) is 75.6 Å². The second kappa shape index (κ2) is 4.07. The van der Waals surface area contributed by atoms with Crippen LogP contribution >= 0.6 is 0 Å². The molecule has 1 fully saturated rings. The second-order valence-corrected chi connectivity index (χ2v) is 3.70. The van der Waals surface area contributed by atoms with Gasteiger partial charge < -0.3 is 10.6 Å². The molecule has 1 unspecified atom stereocenters. The number of aromatic nitrogens is 4. The van der Waals surface area contributed by atoms with Gasteiger partial charge in [-0.05, 0) is 0 Å². The predicted octanol–water partition coefficient (Wildman–Crippen LogP) is -0.346. The van der Waals surface area contributed by atoms with Gasteiger partial charge in [0.05, 0.1) is 12.2 Å². The van der Waals surface area contributed by atoms with Crippen molar-refractivity contribution in [3.63, 3.8) is 0 Å². The van der Waals surface area contributed by atoms with Gasteiger partial charge in [0, 0.05) is 32.0 Å². The molecule has 82 valence electrons. The first kappa shape index (κ1) is 9.56. The number of hydrogen-bond donors (Lipinski definition) is 2. The van der Waals surface area contributed by atoms with Gasteiger partial charge in [-0.25, -0.2) is 19.9 Å². The van der Waals surface area contributed by atoms with Crippen LogP contribution in [0.2, 0.25) is 0 Å². The number of fused-ring (bicyclic) bond motifs is 1. The monoisotopic (exact) mass is 216 g/mol. The average molecular weight is 216 g/mol. The molecule has 3 rings (SSSR count). The highest BCUT2D eigenvalue weighted by Crippen LogP contribution is 2.11. The number of hydrogen-bond acceptors (Lipinski definition) is 6. The summed E-state index contributed by atoms with van der Waals surface area (Å²) < 4.78 is 0. The number of nitrogens with one attached hydrogen (secondary N) is 2. The molecule has 2 N–H and O–H groups in total. The van der Waals surface area contributed by atoms with Crippen LogP contribution in [-0.2, 0) is 0 Å². The molecule has 0 saturated carbocycles. The van der Waals surface area contributed by atoms with E-state index in [1.54, 1.807) is 18.6 Å². The summed E-state index contributed by atoms with van der Waals surface area (Å²) >= 11 is 0. The van der Waals surface area contributed by atoms with E-state index in [1.807, 2.05) is 0 Å². The van der Waals surface area contributed by atoms with Crippen LogP contribution in [-0.4, -0.2) is 39.6 Å². The molecule has 3 heterocycles. The summed E-state index contributed by atoms with van der Waals surface area (Å²) in [4.78, 5) is 17.0. The predicted molar refractivity (Wildman–Crippen MR) is 58.7 cm³/mol. The molecule has 1 aliphatic rings. The molecule has 16 heavy (non-hydrogen) atoms. The van der Waals surface area contributed by atoms with E-state index in [0.29, 0.717) is 5.65 Å². The van der Waals surface area contributed by atoms with Gasteiger partial charge in [0.2, 0.25) is 0 Å². The molecule has 6 heteroatoms. The van der Waals surface area contributed by atoms with Crippen molar-refractivity contribution in [1.29, 1.82) is 0 Å². The van der Waals surface area contributed by atoms with Crippen LogP contribution in [0.15, 0.2) is 18.6 Å². The maximum absolute atomic E-state index is 4.41. The van der Waals surface area contributed by atoms with Crippen molar-refractivity contribution in [2.75, 3.05) is 19.6 Å². The van der Waals surface area contributed by atoms with Crippen LogP contribution in [0.5, 0.6) is 0 Å². The molecular formula is C10H12N6. The fourth-order valence-corrected chi connectivity index (χ4v) is 1.79. The summed E-state index contributed by atoms with van der Waals surface area (Å²) in [5.41, 5.74) is 1.38. The van der Waals surface area contributed by atoms with Crippen LogP contribution in [0.1, 0.15) is 11.9 Å². The Hall–Kier alpha value is -1.66. The van der Waals surface area contributed by atoms with E-state index in [9.17, 15) is 0 Å².